The normalized spacial score (nSPS) is 17.1. The number of ether oxygens (including phenoxy) is 1. The fourth-order valence-corrected chi connectivity index (χ4v) is 4.31. The molecular formula is C29H25NO6. The van der Waals surface area contributed by atoms with Crippen LogP contribution in [0.25, 0.3) is 5.76 Å². The molecule has 0 bridgehead atoms. The predicted molar refractivity (Wildman–Crippen MR) is 132 cm³/mol. The molecule has 1 unspecified atom stereocenters. The van der Waals surface area contributed by atoms with E-state index in [0.29, 0.717) is 35.2 Å². The van der Waals surface area contributed by atoms with E-state index in [1.807, 2.05) is 31.2 Å². The van der Waals surface area contributed by atoms with Crippen molar-refractivity contribution >= 4 is 17.4 Å². The summed E-state index contributed by atoms with van der Waals surface area (Å²) in [5, 5.41) is 11.2. The number of aryl methyl sites for hydroxylation is 2. The average Bonchev–Trinajstić information content (AvgIpc) is 3.61. The molecule has 7 heteroatoms. The van der Waals surface area contributed by atoms with E-state index in [9.17, 15) is 14.7 Å². The Kier molecular flexibility index (Phi) is 6.21. The van der Waals surface area contributed by atoms with E-state index >= 15 is 0 Å². The number of likely N-dealkylation sites (tertiary alicyclic amines) is 1. The second-order valence-corrected chi connectivity index (χ2v) is 8.69. The molecule has 5 rings (SSSR count). The fraction of sp³-hybridized carbons (Fsp3) is 0.172. The first kappa shape index (κ1) is 23.2. The number of furan rings is 2. The fourth-order valence-electron chi connectivity index (χ4n) is 4.31. The van der Waals surface area contributed by atoms with Crippen molar-refractivity contribution in [2.24, 2.45) is 0 Å². The van der Waals surface area contributed by atoms with Crippen LogP contribution in [0, 0.1) is 13.8 Å². The first-order valence-electron chi connectivity index (χ1n) is 11.6. The van der Waals surface area contributed by atoms with Gasteiger partial charge in [-0.2, -0.15) is 0 Å². The number of aliphatic hydroxyl groups is 1. The monoisotopic (exact) mass is 483 g/mol. The number of hydrogen-bond acceptors (Lipinski definition) is 6. The Morgan fingerprint density at radius 3 is 2.42 bits per heavy atom. The maximum atomic E-state index is 13.1. The molecule has 1 saturated heterocycles. The summed E-state index contributed by atoms with van der Waals surface area (Å²) >= 11 is 0. The molecule has 182 valence electrons. The number of hydrogen-bond donors (Lipinski definition) is 1. The Morgan fingerprint density at radius 2 is 1.75 bits per heavy atom. The highest BCUT2D eigenvalue weighted by atomic mass is 16.5. The highest BCUT2D eigenvalue weighted by Crippen LogP contribution is 2.41. The second-order valence-electron chi connectivity index (χ2n) is 8.69. The second kappa shape index (κ2) is 9.62. The van der Waals surface area contributed by atoms with Gasteiger partial charge in [0.1, 0.15) is 41.4 Å². The lowest BCUT2D eigenvalue weighted by atomic mass is 9.99. The van der Waals surface area contributed by atoms with Crippen molar-refractivity contribution in [2.45, 2.75) is 33.0 Å². The quantitative estimate of drug-likeness (QED) is 0.206. The van der Waals surface area contributed by atoms with Crippen LogP contribution >= 0.6 is 0 Å². The van der Waals surface area contributed by atoms with Crippen LogP contribution in [0.2, 0.25) is 0 Å². The Morgan fingerprint density at radius 1 is 0.972 bits per heavy atom. The molecule has 1 atom stereocenters. The molecule has 36 heavy (non-hydrogen) atoms. The molecule has 3 heterocycles. The predicted octanol–water partition coefficient (Wildman–Crippen LogP) is 5.69. The zero-order valence-electron chi connectivity index (χ0n) is 19.9. The van der Waals surface area contributed by atoms with Gasteiger partial charge in [-0.15, -0.1) is 0 Å². The topological polar surface area (TPSA) is 93.1 Å². The molecule has 2 aromatic heterocycles. The average molecular weight is 484 g/mol. The number of rotatable bonds is 7. The smallest absolute Gasteiger partial charge is 0.296 e. The van der Waals surface area contributed by atoms with Gasteiger partial charge in [0.05, 0.1) is 18.4 Å². The Labute approximate surface area is 208 Å². The summed E-state index contributed by atoms with van der Waals surface area (Å²) < 4.78 is 17.1. The van der Waals surface area contributed by atoms with Gasteiger partial charge >= 0.3 is 0 Å². The first-order valence-corrected chi connectivity index (χ1v) is 11.6. The van der Waals surface area contributed by atoms with Crippen LogP contribution < -0.4 is 4.74 Å². The van der Waals surface area contributed by atoms with Crippen molar-refractivity contribution in [1.29, 1.82) is 0 Å². The standard InChI is InChI=1S/C29H25NO6/c1-18-6-3-4-7-21(18)17-35-22-12-10-20(11-13-22)27(31)25-26(24-14-9-19(2)36-24)30(29(33)28(25)32)16-23-8-5-15-34-23/h3-15,26,31H,16-17H2,1-2H3. The van der Waals surface area contributed by atoms with E-state index < -0.39 is 17.7 Å². The van der Waals surface area contributed by atoms with Gasteiger partial charge in [-0.05, 0) is 73.5 Å². The lowest BCUT2D eigenvalue weighted by Gasteiger charge is -2.22. The number of aliphatic hydroxyl groups excluding tert-OH is 1. The number of Topliss-reactive ketones (excluding diaryl/α,β-unsaturated/α-hetero) is 1. The molecule has 1 aliphatic rings. The van der Waals surface area contributed by atoms with Gasteiger partial charge in [0.2, 0.25) is 0 Å². The minimum atomic E-state index is -0.888. The lowest BCUT2D eigenvalue weighted by molar-refractivity contribution is -0.140. The SMILES string of the molecule is Cc1ccc(C2C(=C(O)c3ccc(OCc4ccccc4C)cc3)C(=O)C(=O)N2Cc2ccco2)o1. The lowest BCUT2D eigenvalue weighted by Crippen LogP contribution is -2.28. The highest BCUT2D eigenvalue weighted by molar-refractivity contribution is 6.46. The molecule has 7 nitrogen and oxygen atoms in total. The summed E-state index contributed by atoms with van der Waals surface area (Å²) in [5.74, 6) is 0.358. The maximum Gasteiger partial charge on any atom is 0.296 e. The molecule has 0 spiro atoms. The summed E-state index contributed by atoms with van der Waals surface area (Å²) in [6, 6.07) is 20.7. The van der Waals surface area contributed by atoms with Crippen molar-refractivity contribution in [3.8, 4) is 5.75 Å². The first-order chi connectivity index (χ1) is 17.4. The molecule has 1 aliphatic heterocycles. The van der Waals surface area contributed by atoms with Crippen LogP contribution in [0.1, 0.15) is 40.0 Å². The van der Waals surface area contributed by atoms with Crippen molar-refractivity contribution in [2.75, 3.05) is 0 Å². The molecular weight excluding hydrogens is 458 g/mol. The van der Waals surface area contributed by atoms with Gasteiger partial charge in [0.15, 0.2) is 0 Å². The van der Waals surface area contributed by atoms with Crippen LogP contribution in [-0.4, -0.2) is 21.7 Å². The van der Waals surface area contributed by atoms with Gasteiger partial charge in [-0.3, -0.25) is 9.59 Å². The molecule has 4 aromatic rings. The van der Waals surface area contributed by atoms with Crippen LogP contribution in [0.3, 0.4) is 0 Å². The number of benzene rings is 2. The zero-order valence-corrected chi connectivity index (χ0v) is 19.9. The summed E-state index contributed by atoms with van der Waals surface area (Å²) in [6.45, 7) is 4.27. The van der Waals surface area contributed by atoms with Crippen LogP contribution in [-0.2, 0) is 22.7 Å². The Hall–Kier alpha value is -4.52. The Balaban J connectivity index is 1.45. The maximum absolute atomic E-state index is 13.1. The third kappa shape index (κ3) is 4.43. The number of carbonyl (C=O) groups is 2. The summed E-state index contributed by atoms with van der Waals surface area (Å²) in [4.78, 5) is 27.5. The molecule has 1 amide bonds. The van der Waals surface area contributed by atoms with E-state index in [2.05, 4.69) is 0 Å². The third-order valence-electron chi connectivity index (χ3n) is 6.26. The Bertz CT molecular complexity index is 1430. The van der Waals surface area contributed by atoms with E-state index in [0.717, 1.165) is 11.1 Å². The van der Waals surface area contributed by atoms with Crippen LogP contribution in [0.5, 0.6) is 5.75 Å². The summed E-state index contributed by atoms with van der Waals surface area (Å²) in [5.41, 5.74) is 2.58. The number of nitrogens with zero attached hydrogens (tertiary/aromatic N) is 1. The van der Waals surface area contributed by atoms with Gasteiger partial charge < -0.3 is 23.6 Å². The zero-order chi connectivity index (χ0) is 25.2. The molecule has 0 aliphatic carbocycles. The van der Waals surface area contributed by atoms with E-state index in [1.165, 1.54) is 11.2 Å². The van der Waals surface area contributed by atoms with Crippen molar-refractivity contribution < 1.29 is 28.3 Å². The number of carbonyl (C=O) groups excluding carboxylic acids is 2. The minimum absolute atomic E-state index is 0.0329. The van der Waals surface area contributed by atoms with Gasteiger partial charge in [0, 0.05) is 5.56 Å². The molecule has 1 N–H and O–H groups in total. The van der Waals surface area contributed by atoms with Crippen LogP contribution in [0.4, 0.5) is 0 Å². The largest absolute Gasteiger partial charge is 0.507 e. The van der Waals surface area contributed by atoms with Crippen molar-refractivity contribution in [3.63, 3.8) is 0 Å². The van der Waals surface area contributed by atoms with Gasteiger partial charge in [-0.25, -0.2) is 0 Å². The summed E-state index contributed by atoms with van der Waals surface area (Å²) in [7, 11) is 0. The van der Waals surface area contributed by atoms with E-state index in [1.54, 1.807) is 55.5 Å². The van der Waals surface area contributed by atoms with Gasteiger partial charge in [-0.1, -0.05) is 24.3 Å². The highest BCUT2D eigenvalue weighted by Gasteiger charge is 2.47. The minimum Gasteiger partial charge on any atom is -0.507 e. The molecule has 1 fully saturated rings. The molecule has 2 aromatic carbocycles. The molecule has 0 saturated carbocycles. The van der Waals surface area contributed by atoms with Gasteiger partial charge in [0.25, 0.3) is 11.7 Å². The third-order valence-corrected chi connectivity index (χ3v) is 6.26. The number of amides is 1. The molecule has 0 radical (unpaired) electrons. The van der Waals surface area contributed by atoms with Crippen molar-refractivity contribution in [1.82, 2.24) is 4.90 Å². The van der Waals surface area contributed by atoms with E-state index in [-0.39, 0.29) is 17.9 Å². The summed E-state index contributed by atoms with van der Waals surface area (Å²) in [6.07, 6.45) is 1.50. The van der Waals surface area contributed by atoms with Crippen LogP contribution in [0.15, 0.2) is 93.5 Å². The number of ketones is 1. The van der Waals surface area contributed by atoms with Crippen molar-refractivity contribution in [3.05, 3.63) is 119 Å². The van der Waals surface area contributed by atoms with E-state index in [4.69, 9.17) is 13.6 Å².